The van der Waals surface area contributed by atoms with Gasteiger partial charge < -0.3 is 13.9 Å². The van der Waals surface area contributed by atoms with E-state index in [1.54, 1.807) is 12.1 Å². The SMILES string of the molecule is [2H]c1c([2H])c([2H])c(-c2ccc3c(c2)C2(c4ccccc4Oc4ccccc42)c2cc(-n4c5c([2H])c([2H])c([2H])c([2H])c5c5c([2H])c([2H])c([2H])c([2H])c54)cc4c2C3c2ccc(-n3c5c([2H])c([2H])c([2H])c([2H])c5c5c([2H])c([2H])c([2H])c([2H])c53)cc2C4c2ccc(C(C)(C)C)cc2-c2ccccc2)c([2H])c1[2H]. The van der Waals surface area contributed by atoms with Crippen molar-refractivity contribution in [2.24, 2.45) is 0 Å². The summed E-state index contributed by atoms with van der Waals surface area (Å²) in [7, 11) is 0. The average Bonchev–Trinajstić information content (AvgIpc) is 1.08. The fraction of sp³-hybridized carbons (Fsp3) is 0.0886. The molecule has 0 amide bonds. The van der Waals surface area contributed by atoms with Gasteiger partial charge in [0.15, 0.2) is 0 Å². The van der Waals surface area contributed by atoms with Crippen LogP contribution in [0.15, 0.2) is 272 Å². The summed E-state index contributed by atoms with van der Waals surface area (Å²) in [6, 6.07) is 34.0. The first-order chi connectivity index (χ1) is 49.0. The fourth-order valence-electron chi connectivity index (χ4n) is 13.8. The summed E-state index contributed by atoms with van der Waals surface area (Å²) in [4.78, 5) is 0. The van der Waals surface area contributed by atoms with Crippen molar-refractivity contribution >= 4 is 43.6 Å². The van der Waals surface area contributed by atoms with Crippen molar-refractivity contribution < 1.29 is 33.5 Å². The Morgan fingerprint density at radius 2 is 0.902 bits per heavy atom. The van der Waals surface area contributed by atoms with Crippen LogP contribution in [-0.2, 0) is 10.8 Å². The predicted octanol–water partition coefficient (Wildman–Crippen LogP) is 20.0. The number of fused-ring (bicyclic) bond motifs is 16. The van der Waals surface area contributed by atoms with Gasteiger partial charge in [0.1, 0.15) is 11.5 Å². The average molecular weight is 1070 g/mol. The second-order valence-electron chi connectivity index (χ2n) is 22.3. The summed E-state index contributed by atoms with van der Waals surface area (Å²) < 4.78 is 206. The summed E-state index contributed by atoms with van der Waals surface area (Å²) in [6.45, 7) is 6.33. The molecule has 0 saturated heterocycles. The summed E-state index contributed by atoms with van der Waals surface area (Å²) in [5.41, 5.74) is 6.79. The molecule has 0 fully saturated rings. The molecule has 0 saturated carbocycles. The number of ether oxygens (including phenoxy) is 1. The van der Waals surface area contributed by atoms with Gasteiger partial charge in [-0.1, -0.05) is 227 Å². The standard InChI is InChI=1S/C79H56N2O/c1-78(2,3)52-39-42-59(62(45-52)50-24-8-5-9-25-50)75-63-46-53(80-69-32-16-10-26-55(69)56-27-11-17-33-70(56)80)40-43-60(63)76-61-41-38-51(49-22-6-4-7-23-49)44-67(61)79(65-30-14-20-36-73(65)82-74-37-21-15-31-66(74)79)68-48-54(47-64(75)77(68)76)81-71-34-18-12-28-57(71)58-29-13-19-35-72(58)81/h4-48,75-76H,1-3H3/i4D,6D,7D,10D,11D,12D,13D,16D,17D,18D,19D,22D,23D,26D,27D,28D,29D,32D,33D,34D,35D. The quantitative estimate of drug-likeness (QED) is 0.168. The van der Waals surface area contributed by atoms with Gasteiger partial charge >= 0.3 is 0 Å². The molecule has 2 atom stereocenters. The Morgan fingerprint density at radius 3 is 1.51 bits per heavy atom. The molecule has 2 aliphatic carbocycles. The molecule has 388 valence electrons. The van der Waals surface area contributed by atoms with Gasteiger partial charge in [-0.3, -0.25) is 0 Å². The monoisotopic (exact) mass is 1070 g/mol. The molecule has 1 aliphatic heterocycles. The molecule has 2 unspecified atom stereocenters. The topological polar surface area (TPSA) is 19.1 Å². The molecule has 0 bridgehead atoms. The van der Waals surface area contributed by atoms with Crippen LogP contribution in [0.1, 0.15) is 123 Å². The first kappa shape index (κ1) is 30.6. The van der Waals surface area contributed by atoms with Gasteiger partial charge in [0.05, 0.1) is 56.3 Å². The van der Waals surface area contributed by atoms with E-state index >= 15 is 0 Å². The van der Waals surface area contributed by atoms with Crippen molar-refractivity contribution in [2.45, 2.75) is 43.4 Å². The van der Waals surface area contributed by atoms with E-state index in [1.165, 1.54) is 9.13 Å². The van der Waals surface area contributed by atoms with Crippen molar-refractivity contribution in [2.75, 3.05) is 0 Å². The van der Waals surface area contributed by atoms with Gasteiger partial charge in [-0.05, 0) is 144 Å². The highest BCUT2D eigenvalue weighted by atomic mass is 16.5. The van der Waals surface area contributed by atoms with Crippen LogP contribution in [0.2, 0.25) is 0 Å². The van der Waals surface area contributed by atoms with E-state index in [2.05, 4.69) is 39.0 Å². The maximum atomic E-state index is 9.96. The number of benzene rings is 12. The van der Waals surface area contributed by atoms with Crippen molar-refractivity contribution in [3.8, 4) is 45.1 Å². The maximum absolute atomic E-state index is 9.96. The van der Waals surface area contributed by atoms with Gasteiger partial charge in [-0.2, -0.15) is 0 Å². The normalized spacial score (nSPS) is 19.0. The molecule has 3 heterocycles. The number of rotatable bonds is 5. The lowest BCUT2D eigenvalue weighted by atomic mass is 9.52. The van der Waals surface area contributed by atoms with Crippen LogP contribution in [0, 0.1) is 0 Å². The maximum Gasteiger partial charge on any atom is 0.132 e. The number of hydrogen-bond acceptors (Lipinski definition) is 1. The van der Waals surface area contributed by atoms with Gasteiger partial charge in [0.25, 0.3) is 0 Å². The Kier molecular flexibility index (Phi) is 6.53. The summed E-state index contributed by atoms with van der Waals surface area (Å²) in [6.07, 6.45) is 0. The molecule has 1 spiro atoms. The van der Waals surface area contributed by atoms with E-state index in [1.807, 2.05) is 115 Å². The number of hydrogen-bond donors (Lipinski definition) is 0. The molecule has 3 heteroatoms. The molecule has 0 radical (unpaired) electrons. The Labute approximate surface area is 507 Å². The van der Waals surface area contributed by atoms with Crippen molar-refractivity contribution in [3.63, 3.8) is 0 Å². The Hall–Kier alpha value is -9.96. The highest BCUT2D eigenvalue weighted by molar-refractivity contribution is 6.10. The van der Waals surface area contributed by atoms with Crippen LogP contribution >= 0.6 is 0 Å². The van der Waals surface area contributed by atoms with Gasteiger partial charge in [-0.15, -0.1) is 0 Å². The van der Waals surface area contributed by atoms with Crippen molar-refractivity contribution in [1.82, 2.24) is 9.13 Å². The fourth-order valence-corrected chi connectivity index (χ4v) is 13.8. The van der Waals surface area contributed by atoms with E-state index in [9.17, 15) is 16.4 Å². The molecular formula is C79H56N2O. The third-order valence-corrected chi connectivity index (χ3v) is 17.1. The minimum absolute atomic E-state index is 0.0885. The van der Waals surface area contributed by atoms with E-state index in [4.69, 9.17) is 17.1 Å². The Bertz CT molecular complexity index is 6020. The number of aromatic nitrogens is 2. The van der Waals surface area contributed by atoms with Gasteiger partial charge in [0.2, 0.25) is 0 Å². The smallest absolute Gasteiger partial charge is 0.132 e. The van der Waals surface area contributed by atoms with Crippen LogP contribution in [-0.4, -0.2) is 9.13 Å². The summed E-state index contributed by atoms with van der Waals surface area (Å²) >= 11 is 0. The van der Waals surface area contributed by atoms with E-state index in [0.29, 0.717) is 61.6 Å². The third-order valence-electron chi connectivity index (χ3n) is 17.1. The second kappa shape index (κ2) is 17.5. The minimum Gasteiger partial charge on any atom is -0.457 e. The van der Waals surface area contributed by atoms with Crippen molar-refractivity contribution in [3.05, 3.63) is 334 Å². The van der Waals surface area contributed by atoms with Crippen LogP contribution in [0.25, 0.3) is 77.2 Å². The van der Waals surface area contributed by atoms with E-state index < -0.39 is 150 Å². The first-order valence-electron chi connectivity index (χ1n) is 37.7. The number of nitrogens with zero attached hydrogens (tertiary/aromatic N) is 2. The van der Waals surface area contributed by atoms with E-state index in [0.717, 1.165) is 22.3 Å². The molecule has 3 nitrogen and oxygen atoms in total. The lowest BCUT2D eigenvalue weighted by molar-refractivity contribution is 0.430. The van der Waals surface area contributed by atoms with Crippen LogP contribution < -0.4 is 4.74 Å². The number of para-hydroxylation sites is 6. The molecule has 3 aliphatic rings. The second-order valence-corrected chi connectivity index (χ2v) is 22.3. The molecule has 12 aromatic carbocycles. The summed E-state index contributed by atoms with van der Waals surface area (Å²) in [5.74, 6) is -1.01. The third kappa shape index (κ3) is 6.59. The molecule has 82 heavy (non-hydrogen) atoms. The highest BCUT2D eigenvalue weighted by Gasteiger charge is 2.54. The Balaban J connectivity index is 1.13. The lowest BCUT2D eigenvalue weighted by Gasteiger charge is -2.50. The summed E-state index contributed by atoms with van der Waals surface area (Å²) in [5, 5.41) is -0.599. The van der Waals surface area contributed by atoms with Gasteiger partial charge in [0, 0.05) is 55.9 Å². The molecule has 0 N–H and O–H groups in total. The zero-order valence-electron chi connectivity index (χ0n) is 65.3. The zero-order valence-corrected chi connectivity index (χ0v) is 44.3. The highest BCUT2D eigenvalue weighted by Crippen LogP contribution is 2.65. The predicted molar refractivity (Wildman–Crippen MR) is 338 cm³/mol. The zero-order chi connectivity index (χ0) is 72.7. The Morgan fingerprint density at radius 1 is 0.378 bits per heavy atom. The molecule has 2 aromatic heterocycles. The van der Waals surface area contributed by atoms with Crippen LogP contribution in [0.5, 0.6) is 11.5 Å². The van der Waals surface area contributed by atoms with Gasteiger partial charge in [-0.25, -0.2) is 0 Å². The largest absolute Gasteiger partial charge is 0.457 e. The van der Waals surface area contributed by atoms with E-state index in [-0.39, 0.29) is 66.1 Å². The van der Waals surface area contributed by atoms with Crippen LogP contribution in [0.3, 0.4) is 0 Å². The van der Waals surface area contributed by atoms with Crippen LogP contribution in [0.4, 0.5) is 0 Å². The minimum atomic E-state index is -1.59. The lowest BCUT2D eigenvalue weighted by Crippen LogP contribution is -2.41. The molecule has 14 aromatic rings. The first-order valence-corrected chi connectivity index (χ1v) is 27.2. The van der Waals surface area contributed by atoms with Crippen molar-refractivity contribution in [1.29, 1.82) is 0 Å². The molecule has 17 rings (SSSR count). The molecular weight excluding hydrogens is 993 g/mol.